The van der Waals surface area contributed by atoms with Crippen LogP contribution in [0.1, 0.15) is 56.6 Å². The van der Waals surface area contributed by atoms with E-state index in [9.17, 15) is 4.79 Å². The van der Waals surface area contributed by atoms with E-state index in [-0.39, 0.29) is 11.4 Å². The van der Waals surface area contributed by atoms with Crippen molar-refractivity contribution in [3.8, 4) is 0 Å². The Bertz CT molecular complexity index is 678. The van der Waals surface area contributed by atoms with Crippen LogP contribution in [0.15, 0.2) is 73.3 Å². The molecule has 2 aromatic carbocycles. The molecule has 2 aromatic rings. The van der Waals surface area contributed by atoms with Gasteiger partial charge in [-0.3, -0.25) is 4.79 Å². The molecule has 144 valence electrons. The number of allylic oxidation sites excluding steroid dienone is 1. The van der Waals surface area contributed by atoms with E-state index in [0.29, 0.717) is 13.0 Å². The van der Waals surface area contributed by atoms with Crippen molar-refractivity contribution in [3.63, 3.8) is 0 Å². The van der Waals surface area contributed by atoms with Crippen LogP contribution in [0, 0.1) is 5.41 Å². The fraction of sp³-hybridized carbons (Fsp3) is 0.400. The second-order valence-electron chi connectivity index (χ2n) is 7.36. The highest BCUT2D eigenvalue weighted by molar-refractivity contribution is 5.70. The number of hydrogen-bond acceptors (Lipinski definition) is 2. The summed E-state index contributed by atoms with van der Waals surface area (Å²) in [6, 6.07) is 20.2. The number of benzene rings is 2. The zero-order chi connectivity index (χ0) is 19.4. The van der Waals surface area contributed by atoms with Crippen LogP contribution in [0.2, 0.25) is 0 Å². The third-order valence-corrected chi connectivity index (χ3v) is 5.10. The Morgan fingerprint density at radius 3 is 2.19 bits per heavy atom. The van der Waals surface area contributed by atoms with Gasteiger partial charge in [-0.15, -0.1) is 6.58 Å². The standard InChI is InChI=1S/C25H32O2/c1-3-5-6-13-18-25(4-2,19-22-14-9-7-10-15-22)20-24(26)27-21-23-16-11-8-12-17-23/h4,7-12,14-17H,2-3,5-6,13,18-21H2,1H3/t25-/m1/s1. The molecule has 0 radical (unpaired) electrons. The smallest absolute Gasteiger partial charge is 0.307 e. The van der Waals surface area contributed by atoms with Gasteiger partial charge in [0.05, 0.1) is 6.42 Å². The minimum Gasteiger partial charge on any atom is -0.461 e. The average Bonchev–Trinajstić information content (AvgIpc) is 2.71. The normalized spacial score (nSPS) is 12.9. The minimum absolute atomic E-state index is 0.148. The third-order valence-electron chi connectivity index (χ3n) is 5.10. The van der Waals surface area contributed by atoms with Crippen LogP contribution in [-0.4, -0.2) is 5.97 Å². The molecule has 0 fully saturated rings. The van der Waals surface area contributed by atoms with Crippen LogP contribution in [-0.2, 0) is 22.6 Å². The Kier molecular flexibility index (Phi) is 8.83. The number of hydrogen-bond donors (Lipinski definition) is 0. The summed E-state index contributed by atoms with van der Waals surface area (Å²) in [5.41, 5.74) is 2.01. The van der Waals surface area contributed by atoms with Crippen LogP contribution in [0.4, 0.5) is 0 Å². The summed E-state index contributed by atoms with van der Waals surface area (Å²) in [4.78, 5) is 12.6. The van der Waals surface area contributed by atoms with Gasteiger partial charge in [0.25, 0.3) is 0 Å². The Morgan fingerprint density at radius 1 is 0.963 bits per heavy atom. The van der Waals surface area contributed by atoms with Crippen LogP contribution in [0.5, 0.6) is 0 Å². The molecule has 0 N–H and O–H groups in total. The zero-order valence-electron chi connectivity index (χ0n) is 16.5. The minimum atomic E-state index is -0.247. The number of unbranched alkanes of at least 4 members (excludes halogenated alkanes) is 3. The largest absolute Gasteiger partial charge is 0.461 e. The second kappa shape index (κ2) is 11.4. The summed E-state index contributed by atoms with van der Waals surface area (Å²) < 4.78 is 5.56. The van der Waals surface area contributed by atoms with Crippen LogP contribution >= 0.6 is 0 Å². The Hall–Kier alpha value is -2.35. The maximum Gasteiger partial charge on any atom is 0.307 e. The van der Waals surface area contributed by atoms with Crippen LogP contribution < -0.4 is 0 Å². The predicted octanol–water partition coefficient (Wildman–Crippen LogP) is 6.51. The van der Waals surface area contributed by atoms with Gasteiger partial charge in [-0.05, 0) is 24.0 Å². The molecule has 0 spiro atoms. The van der Waals surface area contributed by atoms with E-state index in [2.05, 4.69) is 25.6 Å². The number of carbonyl (C=O) groups is 1. The Labute approximate surface area is 164 Å². The molecular formula is C25H32O2. The lowest BCUT2D eigenvalue weighted by Gasteiger charge is -2.30. The lowest BCUT2D eigenvalue weighted by molar-refractivity contribution is -0.147. The molecule has 0 saturated heterocycles. The molecule has 0 unspecified atom stereocenters. The first-order chi connectivity index (χ1) is 13.2. The van der Waals surface area contributed by atoms with Crippen molar-refractivity contribution in [2.75, 3.05) is 0 Å². The van der Waals surface area contributed by atoms with Gasteiger partial charge in [-0.25, -0.2) is 0 Å². The van der Waals surface area contributed by atoms with E-state index in [4.69, 9.17) is 4.74 Å². The summed E-state index contributed by atoms with van der Waals surface area (Å²) in [5.74, 6) is -0.148. The van der Waals surface area contributed by atoms with Gasteiger partial charge in [0, 0.05) is 5.41 Å². The third kappa shape index (κ3) is 7.42. The molecule has 0 saturated carbocycles. The Balaban J connectivity index is 2.02. The average molecular weight is 365 g/mol. The molecule has 2 rings (SSSR count). The highest BCUT2D eigenvalue weighted by Crippen LogP contribution is 2.35. The second-order valence-corrected chi connectivity index (χ2v) is 7.36. The molecule has 27 heavy (non-hydrogen) atoms. The van der Waals surface area contributed by atoms with E-state index >= 15 is 0 Å². The topological polar surface area (TPSA) is 26.3 Å². The van der Waals surface area contributed by atoms with Crippen LogP contribution in [0.25, 0.3) is 0 Å². The summed E-state index contributed by atoms with van der Waals surface area (Å²) in [6.07, 6.45) is 8.89. The number of rotatable bonds is 12. The van der Waals surface area contributed by atoms with Gasteiger partial charge in [0.15, 0.2) is 0 Å². The molecular weight excluding hydrogens is 332 g/mol. The van der Waals surface area contributed by atoms with Crippen molar-refractivity contribution in [1.82, 2.24) is 0 Å². The van der Waals surface area contributed by atoms with Gasteiger partial charge >= 0.3 is 5.97 Å². The van der Waals surface area contributed by atoms with E-state index < -0.39 is 0 Å². The van der Waals surface area contributed by atoms with E-state index in [1.807, 2.05) is 54.6 Å². The number of esters is 1. The van der Waals surface area contributed by atoms with E-state index in [1.165, 1.54) is 24.8 Å². The first kappa shape index (κ1) is 21.0. The molecule has 0 heterocycles. The molecule has 0 aliphatic heterocycles. The van der Waals surface area contributed by atoms with Crippen molar-refractivity contribution >= 4 is 5.97 Å². The summed E-state index contributed by atoms with van der Waals surface area (Å²) in [7, 11) is 0. The van der Waals surface area contributed by atoms with Crippen molar-refractivity contribution in [1.29, 1.82) is 0 Å². The van der Waals surface area contributed by atoms with Gasteiger partial charge in [0.1, 0.15) is 6.61 Å². The van der Waals surface area contributed by atoms with Gasteiger partial charge in [-0.1, -0.05) is 99.3 Å². The fourth-order valence-electron chi connectivity index (χ4n) is 3.47. The summed E-state index contributed by atoms with van der Waals surface area (Å²) in [5, 5.41) is 0. The van der Waals surface area contributed by atoms with E-state index in [0.717, 1.165) is 24.8 Å². The van der Waals surface area contributed by atoms with E-state index in [1.54, 1.807) is 0 Å². The predicted molar refractivity (Wildman–Crippen MR) is 112 cm³/mol. The van der Waals surface area contributed by atoms with Crippen molar-refractivity contribution in [2.45, 2.75) is 58.5 Å². The maximum atomic E-state index is 12.6. The van der Waals surface area contributed by atoms with Gasteiger partial charge < -0.3 is 4.74 Å². The van der Waals surface area contributed by atoms with Crippen LogP contribution in [0.3, 0.4) is 0 Å². The molecule has 0 aliphatic rings. The molecule has 0 aliphatic carbocycles. The fourth-order valence-corrected chi connectivity index (χ4v) is 3.47. The SMILES string of the molecule is C=C[C@](CCCCCC)(CC(=O)OCc1ccccc1)Cc1ccccc1. The lowest BCUT2D eigenvalue weighted by Crippen LogP contribution is -2.26. The number of carbonyl (C=O) groups excluding carboxylic acids is 1. The first-order valence-electron chi connectivity index (χ1n) is 10.0. The number of ether oxygens (including phenoxy) is 1. The van der Waals surface area contributed by atoms with Gasteiger partial charge in [0.2, 0.25) is 0 Å². The monoisotopic (exact) mass is 364 g/mol. The summed E-state index contributed by atoms with van der Waals surface area (Å²) >= 11 is 0. The molecule has 0 amide bonds. The molecule has 0 aromatic heterocycles. The zero-order valence-corrected chi connectivity index (χ0v) is 16.5. The van der Waals surface area contributed by atoms with Crippen molar-refractivity contribution in [3.05, 3.63) is 84.4 Å². The lowest BCUT2D eigenvalue weighted by atomic mass is 9.74. The molecule has 0 bridgehead atoms. The highest BCUT2D eigenvalue weighted by Gasteiger charge is 2.30. The molecule has 2 nitrogen and oxygen atoms in total. The maximum absolute atomic E-state index is 12.6. The van der Waals surface area contributed by atoms with Crippen molar-refractivity contribution in [2.24, 2.45) is 5.41 Å². The Morgan fingerprint density at radius 2 is 1.59 bits per heavy atom. The van der Waals surface area contributed by atoms with Gasteiger partial charge in [-0.2, -0.15) is 0 Å². The summed E-state index contributed by atoms with van der Waals surface area (Å²) in [6.45, 7) is 6.63. The molecule has 2 heteroatoms. The highest BCUT2D eigenvalue weighted by atomic mass is 16.5. The molecule has 1 atom stereocenters. The van der Waals surface area contributed by atoms with Crippen molar-refractivity contribution < 1.29 is 9.53 Å². The first-order valence-corrected chi connectivity index (χ1v) is 10.0. The quantitative estimate of drug-likeness (QED) is 0.244.